The van der Waals surface area contributed by atoms with Gasteiger partial charge in [-0.1, -0.05) is 91.9 Å². The molecule has 2 aromatic rings. The van der Waals surface area contributed by atoms with Crippen LogP contribution in [0.15, 0.2) is 85.0 Å². The molecule has 1 aliphatic rings. The van der Waals surface area contributed by atoms with Gasteiger partial charge in [0.05, 0.1) is 14.8 Å². The van der Waals surface area contributed by atoms with E-state index in [1.165, 1.54) is 10.6 Å². The van der Waals surface area contributed by atoms with E-state index in [4.69, 9.17) is 4.52 Å². The summed E-state index contributed by atoms with van der Waals surface area (Å²) in [5.41, 5.74) is 0. The molecule has 0 bridgehead atoms. The summed E-state index contributed by atoms with van der Waals surface area (Å²) in [6, 6.07) is 21.5. The quantitative estimate of drug-likeness (QED) is 0.685. The van der Waals surface area contributed by atoms with Crippen LogP contribution in [-0.2, 0) is 4.52 Å². The van der Waals surface area contributed by atoms with Crippen molar-refractivity contribution in [2.24, 2.45) is 5.92 Å². The number of benzene rings is 2. The Kier molecular flexibility index (Phi) is 6.99. The van der Waals surface area contributed by atoms with Gasteiger partial charge in [0.25, 0.3) is 0 Å². The first-order valence-corrected chi connectivity index (χ1v) is 10.2. The Bertz CT molecular complexity index is 632. The molecule has 0 aliphatic heterocycles. The second-order valence-corrected chi connectivity index (χ2v) is 8.09. The lowest BCUT2D eigenvalue weighted by atomic mass is 10.1. The monoisotopic (exact) mass is 351 g/mol. The lowest BCUT2D eigenvalue weighted by Crippen LogP contribution is -2.35. The summed E-state index contributed by atoms with van der Waals surface area (Å²) in [4.78, 5) is 0. The first kappa shape index (κ1) is 18.1. The number of allylic oxidation sites excluding steroid dienone is 2. The smallest absolute Gasteiger partial charge is 0.0918 e. The van der Waals surface area contributed by atoms with Crippen molar-refractivity contribution in [2.45, 2.75) is 19.4 Å². The molecule has 1 aliphatic carbocycles. The molecule has 0 saturated heterocycles. The van der Waals surface area contributed by atoms with E-state index in [-0.39, 0.29) is 0 Å². The molecule has 0 heterocycles. The van der Waals surface area contributed by atoms with Gasteiger partial charge in [0.1, 0.15) is 0 Å². The van der Waals surface area contributed by atoms with E-state index in [9.17, 15) is 0 Å². The third kappa shape index (κ3) is 5.37. The zero-order valence-corrected chi connectivity index (χ0v) is 15.6. The Morgan fingerprint density at radius 3 is 2.00 bits per heavy atom. The van der Waals surface area contributed by atoms with Crippen molar-refractivity contribution in [2.75, 3.05) is 13.2 Å². The molecular formula is C22H26NOP. The summed E-state index contributed by atoms with van der Waals surface area (Å²) >= 11 is 0. The molecule has 2 aromatic carbocycles. The minimum atomic E-state index is -0.778. The van der Waals surface area contributed by atoms with Crippen LogP contribution in [0, 0.1) is 5.92 Å². The maximum atomic E-state index is 6.45. The second-order valence-electron chi connectivity index (χ2n) is 6.21. The van der Waals surface area contributed by atoms with Crippen LogP contribution in [0.5, 0.6) is 0 Å². The Balaban J connectivity index is 1.63. The topological polar surface area (TPSA) is 21.3 Å². The molecule has 0 radical (unpaired) electrons. The molecule has 0 amide bonds. The van der Waals surface area contributed by atoms with Gasteiger partial charge in [-0.25, -0.2) is 0 Å². The van der Waals surface area contributed by atoms with Gasteiger partial charge in [-0.05, 0) is 6.42 Å². The highest BCUT2D eigenvalue weighted by atomic mass is 31.1. The molecule has 0 spiro atoms. The van der Waals surface area contributed by atoms with Gasteiger partial charge in [0, 0.05) is 29.1 Å². The highest BCUT2D eigenvalue weighted by molar-refractivity contribution is 7.68. The van der Waals surface area contributed by atoms with Crippen molar-refractivity contribution in [1.29, 1.82) is 0 Å². The summed E-state index contributed by atoms with van der Waals surface area (Å²) < 4.78 is 6.45. The molecule has 1 atom stereocenters. The van der Waals surface area contributed by atoms with Gasteiger partial charge >= 0.3 is 0 Å². The molecular weight excluding hydrogens is 325 g/mol. The average molecular weight is 351 g/mol. The fraction of sp³-hybridized carbons (Fsp3) is 0.273. The van der Waals surface area contributed by atoms with Crippen LogP contribution < -0.4 is 15.9 Å². The number of hydrogen-bond acceptors (Lipinski definition) is 2. The number of nitrogens with one attached hydrogen (secondary N) is 1. The molecule has 3 heteroatoms. The van der Waals surface area contributed by atoms with E-state index in [0.29, 0.717) is 12.0 Å². The molecule has 25 heavy (non-hydrogen) atoms. The predicted molar refractivity (Wildman–Crippen MR) is 109 cm³/mol. The van der Waals surface area contributed by atoms with Crippen molar-refractivity contribution >= 4 is 18.8 Å². The Labute approximate surface area is 152 Å². The zero-order chi connectivity index (χ0) is 17.3. The Hall–Kier alpha value is -1.73. The fourth-order valence-electron chi connectivity index (χ4n) is 2.83. The van der Waals surface area contributed by atoms with Gasteiger partial charge < -0.3 is 9.84 Å². The van der Waals surface area contributed by atoms with Crippen LogP contribution in [0.25, 0.3) is 0 Å². The van der Waals surface area contributed by atoms with E-state index < -0.39 is 8.15 Å². The Morgan fingerprint density at radius 1 is 0.920 bits per heavy atom. The zero-order valence-electron chi connectivity index (χ0n) is 14.7. The summed E-state index contributed by atoms with van der Waals surface area (Å²) in [6.45, 7) is 3.92. The van der Waals surface area contributed by atoms with Gasteiger partial charge in [-0.2, -0.15) is 0 Å². The summed E-state index contributed by atoms with van der Waals surface area (Å²) in [5, 5.41) is 6.18. The predicted octanol–water partition coefficient (Wildman–Crippen LogP) is 4.16. The van der Waals surface area contributed by atoms with E-state index in [2.05, 4.69) is 97.2 Å². The summed E-state index contributed by atoms with van der Waals surface area (Å²) in [7, 11) is -0.778. The van der Waals surface area contributed by atoms with Crippen LogP contribution in [-0.4, -0.2) is 19.2 Å². The van der Waals surface area contributed by atoms with Crippen LogP contribution in [0.3, 0.4) is 0 Å². The number of hydrogen-bond donors (Lipinski definition) is 1. The molecule has 2 nitrogen and oxygen atoms in total. The summed E-state index contributed by atoms with van der Waals surface area (Å²) in [5.74, 6) is 0.513. The molecule has 1 N–H and O–H groups in total. The van der Waals surface area contributed by atoms with Gasteiger partial charge in [-0.15, -0.1) is 0 Å². The molecule has 0 unspecified atom stereocenters. The first-order chi connectivity index (χ1) is 12.4. The lowest BCUT2D eigenvalue weighted by Gasteiger charge is -2.23. The van der Waals surface area contributed by atoms with Crippen LogP contribution in [0.1, 0.15) is 13.3 Å². The summed E-state index contributed by atoms with van der Waals surface area (Å²) in [6.07, 6.45) is 9.78. The van der Waals surface area contributed by atoms with E-state index in [1.54, 1.807) is 0 Å². The molecule has 0 fully saturated rings. The normalized spacial score (nSPS) is 15.1. The second kappa shape index (κ2) is 9.68. The van der Waals surface area contributed by atoms with Gasteiger partial charge in [-0.3, -0.25) is 0 Å². The van der Waals surface area contributed by atoms with Crippen LogP contribution in [0.4, 0.5) is 0 Å². The fourth-order valence-corrected chi connectivity index (χ4v) is 4.64. The van der Waals surface area contributed by atoms with E-state index in [1.807, 2.05) is 0 Å². The molecule has 3 rings (SSSR count). The third-order valence-electron chi connectivity index (χ3n) is 4.35. The highest BCUT2D eigenvalue weighted by Crippen LogP contribution is 2.34. The largest absolute Gasteiger partial charge is 0.348 e. The first-order valence-electron chi connectivity index (χ1n) is 8.98. The maximum absolute atomic E-state index is 6.45. The van der Waals surface area contributed by atoms with Crippen molar-refractivity contribution in [3.8, 4) is 0 Å². The van der Waals surface area contributed by atoms with Gasteiger partial charge in [0.2, 0.25) is 0 Å². The van der Waals surface area contributed by atoms with Crippen molar-refractivity contribution < 1.29 is 4.52 Å². The number of rotatable bonds is 9. The van der Waals surface area contributed by atoms with E-state index >= 15 is 0 Å². The van der Waals surface area contributed by atoms with Crippen LogP contribution in [0.2, 0.25) is 0 Å². The standard InChI is InChI=1S/C22H26NOP/c1-2-20(23-17-19-11-9-10-12-19)18-24-25(21-13-5-3-6-14-21)22-15-7-4-8-16-22/h3-16,19-20,23H,2,17-18H2,1H3/t20-/m1/s1. The maximum Gasteiger partial charge on any atom is 0.0918 e. The van der Waals surface area contributed by atoms with Crippen molar-refractivity contribution in [3.05, 3.63) is 85.0 Å². The molecule has 0 aromatic heterocycles. The third-order valence-corrected chi connectivity index (χ3v) is 6.29. The highest BCUT2D eigenvalue weighted by Gasteiger charge is 2.17. The Morgan fingerprint density at radius 2 is 1.48 bits per heavy atom. The van der Waals surface area contributed by atoms with E-state index in [0.717, 1.165) is 19.6 Å². The lowest BCUT2D eigenvalue weighted by molar-refractivity contribution is 0.287. The SMILES string of the molecule is CC[C@H](COP(c1ccccc1)c1ccccc1)NCC1C=CC=C1. The van der Waals surface area contributed by atoms with Crippen LogP contribution >= 0.6 is 8.15 Å². The van der Waals surface area contributed by atoms with Crippen molar-refractivity contribution in [1.82, 2.24) is 5.32 Å². The molecule has 130 valence electrons. The minimum absolute atomic E-state index is 0.375. The van der Waals surface area contributed by atoms with Gasteiger partial charge in [0.15, 0.2) is 0 Å². The molecule has 0 saturated carbocycles. The average Bonchev–Trinajstić information content (AvgIpc) is 3.20. The minimum Gasteiger partial charge on any atom is -0.348 e. The van der Waals surface area contributed by atoms with Crippen molar-refractivity contribution in [3.63, 3.8) is 0 Å².